The standard InChI is InChI=1S/2C4H10O3/c1-4(7,2-5)3-6;5-2-1-4(7)3-6/h5-7H,2-3H2,1H3;4-7H,1-3H2. The number of rotatable bonds is 5. The third-order valence-corrected chi connectivity index (χ3v) is 1.35. The number of hydrogen-bond donors (Lipinski definition) is 6. The third kappa shape index (κ3) is 11.8. The molecule has 0 rings (SSSR count). The molecule has 0 aliphatic rings. The predicted octanol–water partition coefficient (Wildman–Crippen LogP) is -2.56. The van der Waals surface area contributed by atoms with E-state index in [1.165, 1.54) is 6.92 Å². The van der Waals surface area contributed by atoms with Crippen molar-refractivity contribution < 1.29 is 30.6 Å². The second-order valence-corrected chi connectivity index (χ2v) is 3.16. The molecule has 88 valence electrons. The molecule has 0 aliphatic heterocycles. The van der Waals surface area contributed by atoms with Crippen molar-refractivity contribution in [3.05, 3.63) is 0 Å². The fourth-order valence-electron chi connectivity index (χ4n) is 0.290. The Bertz CT molecular complexity index is 110. The Morgan fingerprint density at radius 3 is 1.57 bits per heavy atom. The zero-order chi connectivity index (χ0) is 11.6. The Morgan fingerprint density at radius 2 is 1.50 bits per heavy atom. The molecular weight excluding hydrogens is 192 g/mol. The fourth-order valence-corrected chi connectivity index (χ4v) is 0.290. The highest BCUT2D eigenvalue weighted by Crippen LogP contribution is 1.96. The van der Waals surface area contributed by atoms with Gasteiger partial charge in [0.05, 0.1) is 25.9 Å². The van der Waals surface area contributed by atoms with Crippen LogP contribution < -0.4 is 0 Å². The lowest BCUT2D eigenvalue weighted by Gasteiger charge is -2.14. The van der Waals surface area contributed by atoms with E-state index in [2.05, 4.69) is 0 Å². The summed E-state index contributed by atoms with van der Waals surface area (Å²) in [7, 11) is 0. The second-order valence-electron chi connectivity index (χ2n) is 3.16. The summed E-state index contributed by atoms with van der Waals surface area (Å²) < 4.78 is 0. The molecule has 0 aliphatic carbocycles. The maximum absolute atomic E-state index is 8.63. The maximum atomic E-state index is 8.63. The summed E-state index contributed by atoms with van der Waals surface area (Å²) in [5, 5.41) is 49.6. The van der Waals surface area contributed by atoms with Crippen molar-refractivity contribution in [1.29, 1.82) is 0 Å². The van der Waals surface area contributed by atoms with E-state index in [1.807, 2.05) is 0 Å². The summed E-state index contributed by atoms with van der Waals surface area (Å²) in [6.07, 6.45) is -0.485. The van der Waals surface area contributed by atoms with Gasteiger partial charge in [0.25, 0.3) is 0 Å². The first kappa shape index (κ1) is 16.2. The highest BCUT2D eigenvalue weighted by molar-refractivity contribution is 4.67. The molecule has 0 spiro atoms. The number of aliphatic hydroxyl groups is 6. The summed E-state index contributed by atoms with van der Waals surface area (Å²) in [5.41, 5.74) is -1.31. The van der Waals surface area contributed by atoms with Crippen molar-refractivity contribution in [3.8, 4) is 0 Å². The number of hydrogen-bond acceptors (Lipinski definition) is 6. The molecule has 0 aromatic heterocycles. The summed E-state index contributed by atoms with van der Waals surface area (Å²) in [6.45, 7) is 0.224. The first-order valence-corrected chi connectivity index (χ1v) is 4.27. The first-order valence-electron chi connectivity index (χ1n) is 4.27. The van der Waals surface area contributed by atoms with Crippen LogP contribution in [0.5, 0.6) is 0 Å². The molecule has 1 atom stereocenters. The van der Waals surface area contributed by atoms with Crippen LogP contribution in [-0.4, -0.2) is 68.8 Å². The van der Waals surface area contributed by atoms with Crippen LogP contribution >= 0.6 is 0 Å². The van der Waals surface area contributed by atoms with Gasteiger partial charge in [0.15, 0.2) is 0 Å². The molecule has 0 saturated carbocycles. The largest absolute Gasteiger partial charge is 0.396 e. The molecule has 0 saturated heterocycles. The van der Waals surface area contributed by atoms with Gasteiger partial charge in [-0.15, -0.1) is 0 Å². The Balaban J connectivity index is 0. The van der Waals surface area contributed by atoms with Gasteiger partial charge in [-0.3, -0.25) is 0 Å². The van der Waals surface area contributed by atoms with Crippen LogP contribution in [0.1, 0.15) is 13.3 Å². The van der Waals surface area contributed by atoms with E-state index in [9.17, 15) is 0 Å². The van der Waals surface area contributed by atoms with E-state index < -0.39 is 24.9 Å². The SMILES string of the molecule is CC(O)(CO)CO.OCCC(O)CO. The molecule has 0 heterocycles. The van der Waals surface area contributed by atoms with Gasteiger partial charge in [-0.2, -0.15) is 0 Å². The van der Waals surface area contributed by atoms with Crippen molar-refractivity contribution in [3.63, 3.8) is 0 Å². The van der Waals surface area contributed by atoms with E-state index in [-0.39, 0.29) is 19.6 Å². The minimum atomic E-state index is -1.31. The van der Waals surface area contributed by atoms with Gasteiger partial charge >= 0.3 is 0 Å². The van der Waals surface area contributed by atoms with Crippen molar-refractivity contribution in [1.82, 2.24) is 0 Å². The zero-order valence-electron chi connectivity index (χ0n) is 8.30. The van der Waals surface area contributed by atoms with Crippen LogP contribution in [0.4, 0.5) is 0 Å². The molecule has 6 N–H and O–H groups in total. The molecule has 1 unspecified atom stereocenters. The topological polar surface area (TPSA) is 121 Å². The van der Waals surface area contributed by atoms with Gasteiger partial charge in [-0.05, 0) is 13.3 Å². The lowest BCUT2D eigenvalue weighted by atomic mass is 10.1. The Kier molecular flexibility index (Phi) is 10.8. The van der Waals surface area contributed by atoms with E-state index in [1.54, 1.807) is 0 Å². The molecule has 0 amide bonds. The molecule has 6 nitrogen and oxygen atoms in total. The lowest BCUT2D eigenvalue weighted by molar-refractivity contribution is -0.0399. The van der Waals surface area contributed by atoms with Crippen LogP contribution in [0, 0.1) is 0 Å². The minimum absolute atomic E-state index is 0.0677. The lowest BCUT2D eigenvalue weighted by Crippen LogP contribution is -2.33. The van der Waals surface area contributed by atoms with E-state index in [0.717, 1.165) is 0 Å². The molecule has 0 bridgehead atoms. The highest BCUT2D eigenvalue weighted by atomic mass is 16.4. The first-order chi connectivity index (χ1) is 6.43. The van der Waals surface area contributed by atoms with Gasteiger partial charge in [-0.1, -0.05) is 0 Å². The van der Waals surface area contributed by atoms with Crippen molar-refractivity contribution in [2.75, 3.05) is 26.4 Å². The van der Waals surface area contributed by atoms with Crippen LogP contribution in [0.2, 0.25) is 0 Å². The third-order valence-electron chi connectivity index (χ3n) is 1.35. The van der Waals surface area contributed by atoms with Crippen LogP contribution in [0.3, 0.4) is 0 Å². The van der Waals surface area contributed by atoms with Crippen LogP contribution in [-0.2, 0) is 0 Å². The van der Waals surface area contributed by atoms with E-state index >= 15 is 0 Å². The van der Waals surface area contributed by atoms with Gasteiger partial charge in [0, 0.05) is 6.61 Å². The van der Waals surface area contributed by atoms with Gasteiger partial charge in [0.1, 0.15) is 5.60 Å². The smallest absolute Gasteiger partial charge is 0.108 e. The van der Waals surface area contributed by atoms with Crippen LogP contribution in [0.25, 0.3) is 0 Å². The summed E-state index contributed by atoms with van der Waals surface area (Å²) in [4.78, 5) is 0. The molecule has 14 heavy (non-hydrogen) atoms. The van der Waals surface area contributed by atoms with Crippen molar-refractivity contribution >= 4 is 0 Å². The summed E-state index contributed by atoms with van der Waals surface area (Å²) >= 11 is 0. The quantitative estimate of drug-likeness (QED) is 0.298. The summed E-state index contributed by atoms with van der Waals surface area (Å²) in [5.74, 6) is 0. The monoisotopic (exact) mass is 212 g/mol. The molecule has 0 radical (unpaired) electrons. The molecule has 0 aromatic rings. The number of aliphatic hydroxyl groups excluding tert-OH is 5. The maximum Gasteiger partial charge on any atom is 0.108 e. The van der Waals surface area contributed by atoms with E-state index in [4.69, 9.17) is 30.6 Å². The Hall–Kier alpha value is -0.240. The van der Waals surface area contributed by atoms with Crippen molar-refractivity contribution in [2.45, 2.75) is 25.0 Å². The molecule has 6 heteroatoms. The average Bonchev–Trinajstić information content (AvgIpc) is 2.19. The molecular formula is C8H20O6. The zero-order valence-corrected chi connectivity index (χ0v) is 8.30. The molecule has 0 fully saturated rings. The predicted molar refractivity (Wildman–Crippen MR) is 49.6 cm³/mol. The van der Waals surface area contributed by atoms with Gasteiger partial charge in [0.2, 0.25) is 0 Å². The van der Waals surface area contributed by atoms with Crippen LogP contribution in [0.15, 0.2) is 0 Å². The normalized spacial score (nSPS) is 13.1. The Labute approximate surface area is 83.1 Å². The second kappa shape index (κ2) is 9.32. The Morgan fingerprint density at radius 1 is 1.07 bits per heavy atom. The van der Waals surface area contributed by atoms with Gasteiger partial charge < -0.3 is 30.6 Å². The van der Waals surface area contributed by atoms with E-state index in [0.29, 0.717) is 0 Å². The minimum Gasteiger partial charge on any atom is -0.396 e. The van der Waals surface area contributed by atoms with Crippen molar-refractivity contribution in [2.24, 2.45) is 0 Å². The fraction of sp³-hybridized carbons (Fsp3) is 1.00. The van der Waals surface area contributed by atoms with Gasteiger partial charge in [-0.25, -0.2) is 0 Å². The highest BCUT2D eigenvalue weighted by Gasteiger charge is 2.15. The average molecular weight is 212 g/mol. The summed E-state index contributed by atoms with van der Waals surface area (Å²) in [6, 6.07) is 0. The molecule has 0 aromatic carbocycles.